The van der Waals surface area contributed by atoms with E-state index in [-0.39, 0.29) is 0 Å². The van der Waals surface area contributed by atoms with Crippen LogP contribution in [0.5, 0.6) is 5.75 Å². The molecule has 0 aliphatic carbocycles. The molecule has 3 rings (SSSR count). The van der Waals surface area contributed by atoms with Gasteiger partial charge in [0.05, 0.1) is 0 Å². The molecule has 0 saturated carbocycles. The monoisotopic (exact) mass is 275 g/mol. The van der Waals surface area contributed by atoms with Gasteiger partial charge in [0.15, 0.2) is 0 Å². The number of ether oxygens (including phenoxy) is 1. The summed E-state index contributed by atoms with van der Waals surface area (Å²) in [5, 5.41) is 3.40. The lowest BCUT2D eigenvalue weighted by atomic mass is 10.1. The lowest BCUT2D eigenvalue weighted by Crippen LogP contribution is -2.51. The SMILES string of the molecule is CN1CC(Oc2ccccc2CCN2CCNCC2)C1. The van der Waals surface area contributed by atoms with E-state index < -0.39 is 0 Å². The molecule has 0 amide bonds. The van der Waals surface area contributed by atoms with E-state index in [0.717, 1.165) is 58.0 Å². The number of nitrogens with zero attached hydrogens (tertiary/aromatic N) is 2. The van der Waals surface area contributed by atoms with Gasteiger partial charge < -0.3 is 15.0 Å². The third kappa shape index (κ3) is 3.51. The van der Waals surface area contributed by atoms with Gasteiger partial charge in [0, 0.05) is 45.8 Å². The van der Waals surface area contributed by atoms with Gasteiger partial charge in [0.1, 0.15) is 11.9 Å². The number of benzene rings is 1. The molecule has 4 nitrogen and oxygen atoms in total. The predicted molar refractivity (Wildman–Crippen MR) is 81.4 cm³/mol. The van der Waals surface area contributed by atoms with Gasteiger partial charge in [0.25, 0.3) is 0 Å². The normalized spacial score (nSPS) is 21.6. The van der Waals surface area contributed by atoms with Crippen molar-refractivity contribution in [2.75, 3.05) is 52.9 Å². The van der Waals surface area contributed by atoms with Crippen LogP contribution in [0.4, 0.5) is 0 Å². The number of hydrogen-bond acceptors (Lipinski definition) is 4. The Kier molecular flexibility index (Phi) is 4.55. The number of likely N-dealkylation sites (N-methyl/N-ethyl adjacent to an activating group) is 1. The molecule has 2 heterocycles. The number of para-hydroxylation sites is 1. The molecule has 2 saturated heterocycles. The van der Waals surface area contributed by atoms with Gasteiger partial charge in [-0.1, -0.05) is 18.2 Å². The summed E-state index contributed by atoms with van der Waals surface area (Å²) >= 11 is 0. The van der Waals surface area contributed by atoms with Crippen molar-refractivity contribution in [2.45, 2.75) is 12.5 Å². The minimum atomic E-state index is 0.375. The Morgan fingerprint density at radius 1 is 1.20 bits per heavy atom. The van der Waals surface area contributed by atoms with Crippen LogP contribution in [0, 0.1) is 0 Å². The molecule has 2 fully saturated rings. The lowest BCUT2D eigenvalue weighted by molar-refractivity contribution is 0.0380. The van der Waals surface area contributed by atoms with Crippen LogP contribution in [0.25, 0.3) is 0 Å². The van der Waals surface area contributed by atoms with Crippen molar-refractivity contribution in [3.05, 3.63) is 29.8 Å². The van der Waals surface area contributed by atoms with E-state index in [1.54, 1.807) is 0 Å². The number of rotatable bonds is 5. The molecule has 0 radical (unpaired) electrons. The van der Waals surface area contributed by atoms with Crippen LogP contribution in [-0.4, -0.2) is 68.8 Å². The van der Waals surface area contributed by atoms with E-state index in [0.29, 0.717) is 6.10 Å². The molecule has 1 aromatic rings. The van der Waals surface area contributed by atoms with Crippen molar-refractivity contribution in [1.29, 1.82) is 0 Å². The molecule has 20 heavy (non-hydrogen) atoms. The largest absolute Gasteiger partial charge is 0.487 e. The van der Waals surface area contributed by atoms with Crippen LogP contribution in [0.2, 0.25) is 0 Å². The zero-order valence-corrected chi connectivity index (χ0v) is 12.3. The van der Waals surface area contributed by atoms with Crippen LogP contribution >= 0.6 is 0 Å². The van der Waals surface area contributed by atoms with E-state index in [1.807, 2.05) is 0 Å². The summed E-state index contributed by atoms with van der Waals surface area (Å²) in [5.74, 6) is 1.08. The highest BCUT2D eigenvalue weighted by atomic mass is 16.5. The van der Waals surface area contributed by atoms with Gasteiger partial charge in [-0.15, -0.1) is 0 Å². The summed E-state index contributed by atoms with van der Waals surface area (Å²) in [7, 11) is 2.14. The molecule has 110 valence electrons. The van der Waals surface area contributed by atoms with Gasteiger partial charge in [-0.05, 0) is 25.1 Å². The predicted octanol–water partition coefficient (Wildman–Crippen LogP) is 0.827. The first-order valence-corrected chi connectivity index (χ1v) is 7.67. The van der Waals surface area contributed by atoms with E-state index >= 15 is 0 Å². The molecule has 2 aliphatic rings. The molecule has 0 atom stereocenters. The third-order valence-electron chi connectivity index (χ3n) is 4.20. The summed E-state index contributed by atoms with van der Waals surface area (Å²) in [6, 6.07) is 8.52. The second-order valence-corrected chi connectivity index (χ2v) is 5.91. The highest BCUT2D eigenvalue weighted by Crippen LogP contribution is 2.22. The maximum atomic E-state index is 6.12. The zero-order valence-electron chi connectivity index (χ0n) is 12.3. The highest BCUT2D eigenvalue weighted by Gasteiger charge is 2.25. The number of likely N-dealkylation sites (tertiary alicyclic amines) is 1. The van der Waals surface area contributed by atoms with E-state index in [1.165, 1.54) is 5.56 Å². The molecular formula is C16H25N3O. The molecule has 0 unspecified atom stereocenters. The summed E-state index contributed by atoms with van der Waals surface area (Å²) < 4.78 is 6.12. The molecule has 2 aliphatic heterocycles. The Morgan fingerprint density at radius 2 is 1.95 bits per heavy atom. The molecule has 1 aromatic carbocycles. The van der Waals surface area contributed by atoms with Gasteiger partial charge >= 0.3 is 0 Å². The van der Waals surface area contributed by atoms with Crippen molar-refractivity contribution in [3.63, 3.8) is 0 Å². The van der Waals surface area contributed by atoms with Gasteiger partial charge in [-0.25, -0.2) is 0 Å². The number of hydrogen-bond donors (Lipinski definition) is 1. The molecule has 4 heteroatoms. The average molecular weight is 275 g/mol. The Hall–Kier alpha value is -1.10. The van der Waals surface area contributed by atoms with Gasteiger partial charge in [0.2, 0.25) is 0 Å². The van der Waals surface area contributed by atoms with Crippen molar-refractivity contribution in [2.24, 2.45) is 0 Å². The standard InChI is InChI=1S/C16H25N3O/c1-18-12-15(13-18)20-16-5-3-2-4-14(16)6-9-19-10-7-17-8-11-19/h2-5,15,17H,6-13H2,1H3. The van der Waals surface area contributed by atoms with Gasteiger partial charge in [-0.2, -0.15) is 0 Å². The second-order valence-electron chi connectivity index (χ2n) is 5.91. The fraction of sp³-hybridized carbons (Fsp3) is 0.625. The number of piperazine rings is 1. The number of nitrogens with one attached hydrogen (secondary N) is 1. The van der Waals surface area contributed by atoms with Crippen LogP contribution in [0.15, 0.2) is 24.3 Å². The van der Waals surface area contributed by atoms with Crippen LogP contribution in [-0.2, 0) is 6.42 Å². The average Bonchev–Trinajstić information content (AvgIpc) is 2.46. The first-order valence-electron chi connectivity index (χ1n) is 7.67. The van der Waals surface area contributed by atoms with E-state index in [9.17, 15) is 0 Å². The first-order chi connectivity index (χ1) is 9.81. The maximum Gasteiger partial charge on any atom is 0.124 e. The fourth-order valence-electron chi connectivity index (χ4n) is 2.93. The van der Waals surface area contributed by atoms with Crippen molar-refractivity contribution in [1.82, 2.24) is 15.1 Å². The maximum absolute atomic E-state index is 6.12. The topological polar surface area (TPSA) is 27.7 Å². The smallest absolute Gasteiger partial charge is 0.124 e. The third-order valence-corrected chi connectivity index (χ3v) is 4.20. The van der Waals surface area contributed by atoms with Crippen LogP contribution in [0.1, 0.15) is 5.56 Å². The van der Waals surface area contributed by atoms with E-state index in [2.05, 4.69) is 46.4 Å². The summed E-state index contributed by atoms with van der Waals surface area (Å²) in [4.78, 5) is 4.82. The minimum absolute atomic E-state index is 0.375. The van der Waals surface area contributed by atoms with E-state index in [4.69, 9.17) is 4.74 Å². The Labute approximate surface area is 121 Å². The Bertz CT molecular complexity index is 425. The minimum Gasteiger partial charge on any atom is -0.487 e. The van der Waals surface area contributed by atoms with Crippen molar-refractivity contribution in [3.8, 4) is 5.75 Å². The quantitative estimate of drug-likeness (QED) is 0.861. The molecular weight excluding hydrogens is 250 g/mol. The molecule has 0 spiro atoms. The van der Waals surface area contributed by atoms with Crippen molar-refractivity contribution >= 4 is 0 Å². The highest BCUT2D eigenvalue weighted by molar-refractivity contribution is 5.34. The Balaban J connectivity index is 1.54. The molecule has 1 N–H and O–H groups in total. The molecule has 0 bridgehead atoms. The molecule has 0 aromatic heterocycles. The van der Waals surface area contributed by atoms with Crippen LogP contribution in [0.3, 0.4) is 0 Å². The second kappa shape index (κ2) is 6.57. The zero-order chi connectivity index (χ0) is 13.8. The summed E-state index contributed by atoms with van der Waals surface area (Å²) in [6.07, 6.45) is 1.46. The van der Waals surface area contributed by atoms with Gasteiger partial charge in [-0.3, -0.25) is 4.90 Å². The fourth-order valence-corrected chi connectivity index (χ4v) is 2.93. The van der Waals surface area contributed by atoms with Crippen LogP contribution < -0.4 is 10.1 Å². The summed E-state index contributed by atoms with van der Waals surface area (Å²) in [5.41, 5.74) is 1.35. The summed E-state index contributed by atoms with van der Waals surface area (Å²) in [6.45, 7) is 7.79. The lowest BCUT2D eigenvalue weighted by Gasteiger charge is -2.36. The Morgan fingerprint density at radius 3 is 2.70 bits per heavy atom. The van der Waals surface area contributed by atoms with Crippen molar-refractivity contribution < 1.29 is 4.74 Å². The first kappa shape index (κ1) is 13.9.